The predicted molar refractivity (Wildman–Crippen MR) is 77.7 cm³/mol. The van der Waals surface area contributed by atoms with Crippen LogP contribution in [0.4, 0.5) is 4.79 Å². The van der Waals surface area contributed by atoms with E-state index in [0.29, 0.717) is 5.92 Å². The highest BCUT2D eigenvalue weighted by Gasteiger charge is 2.37. The van der Waals surface area contributed by atoms with E-state index in [2.05, 4.69) is 10.3 Å². The van der Waals surface area contributed by atoms with Gasteiger partial charge in [-0.15, -0.1) is 11.3 Å². The number of aryl methyl sites for hydroxylation is 1. The monoisotopic (exact) mass is 295 g/mol. The fourth-order valence-electron chi connectivity index (χ4n) is 2.84. The molecule has 1 aromatic heterocycles. The van der Waals surface area contributed by atoms with E-state index in [1.54, 1.807) is 16.2 Å². The summed E-state index contributed by atoms with van der Waals surface area (Å²) in [5.41, 5.74) is 0. The number of amides is 2. The lowest BCUT2D eigenvalue weighted by molar-refractivity contribution is 0.153. The van der Waals surface area contributed by atoms with Crippen LogP contribution in [-0.2, 0) is 0 Å². The van der Waals surface area contributed by atoms with Crippen molar-refractivity contribution in [2.75, 3.05) is 13.2 Å². The summed E-state index contributed by atoms with van der Waals surface area (Å²) in [6.45, 7) is 2.83. The number of carbonyl (C=O) groups is 1. The standard InChI is InChI=1S/C14H21N3O2S/c1-9-7-15-13(20-9)12(10-4-5-10)16-14(19)17-6-2-3-11(17)8-18/h7,10-12,18H,2-6,8H2,1H3,(H,16,19)/t11-,12-/m1/s1. The minimum atomic E-state index is -0.0497. The molecule has 2 fully saturated rings. The molecule has 0 spiro atoms. The van der Waals surface area contributed by atoms with Crippen molar-refractivity contribution in [1.82, 2.24) is 15.2 Å². The van der Waals surface area contributed by atoms with E-state index < -0.39 is 0 Å². The van der Waals surface area contributed by atoms with Crippen molar-refractivity contribution >= 4 is 17.4 Å². The van der Waals surface area contributed by atoms with Crippen LogP contribution in [0.15, 0.2) is 6.20 Å². The molecule has 0 unspecified atom stereocenters. The van der Waals surface area contributed by atoms with Crippen molar-refractivity contribution in [3.05, 3.63) is 16.1 Å². The molecule has 1 aliphatic carbocycles. The third-order valence-electron chi connectivity index (χ3n) is 4.13. The van der Waals surface area contributed by atoms with Crippen molar-refractivity contribution in [1.29, 1.82) is 0 Å². The van der Waals surface area contributed by atoms with E-state index in [-0.39, 0.29) is 24.7 Å². The van der Waals surface area contributed by atoms with E-state index >= 15 is 0 Å². The highest BCUT2D eigenvalue weighted by Crippen LogP contribution is 2.42. The number of aliphatic hydroxyl groups excluding tert-OH is 1. The van der Waals surface area contributed by atoms with Crippen LogP contribution < -0.4 is 5.32 Å². The fourth-order valence-corrected chi connectivity index (χ4v) is 3.75. The van der Waals surface area contributed by atoms with Gasteiger partial charge in [0.1, 0.15) is 5.01 Å². The van der Waals surface area contributed by atoms with Crippen LogP contribution >= 0.6 is 11.3 Å². The number of hydrogen-bond acceptors (Lipinski definition) is 4. The Balaban J connectivity index is 1.69. The third kappa shape index (κ3) is 2.81. The normalized spacial score (nSPS) is 23.9. The number of thiazole rings is 1. The average Bonchev–Trinajstić information content (AvgIpc) is 2.99. The second-order valence-electron chi connectivity index (χ2n) is 5.75. The number of urea groups is 1. The second kappa shape index (κ2) is 5.69. The first-order valence-corrected chi connectivity index (χ1v) is 8.11. The summed E-state index contributed by atoms with van der Waals surface area (Å²) in [5.74, 6) is 0.527. The van der Waals surface area contributed by atoms with Gasteiger partial charge in [-0.1, -0.05) is 0 Å². The SMILES string of the molecule is Cc1cnc([C@H](NC(=O)N2CCC[C@@H]2CO)C2CC2)s1. The maximum absolute atomic E-state index is 12.4. The molecule has 110 valence electrons. The number of aliphatic hydroxyl groups is 1. The molecule has 2 aliphatic rings. The van der Waals surface area contributed by atoms with Gasteiger partial charge in [0, 0.05) is 17.6 Å². The molecule has 3 rings (SSSR count). The van der Waals surface area contributed by atoms with E-state index in [0.717, 1.165) is 37.2 Å². The van der Waals surface area contributed by atoms with Crippen molar-refractivity contribution in [3.8, 4) is 0 Å². The Hall–Kier alpha value is -1.14. The van der Waals surface area contributed by atoms with Crippen molar-refractivity contribution in [2.24, 2.45) is 5.92 Å². The maximum atomic E-state index is 12.4. The number of likely N-dealkylation sites (tertiary alicyclic amines) is 1. The molecule has 6 heteroatoms. The van der Waals surface area contributed by atoms with Gasteiger partial charge in [0.2, 0.25) is 0 Å². The van der Waals surface area contributed by atoms with Crippen LogP contribution in [0.5, 0.6) is 0 Å². The first kappa shape index (κ1) is 13.8. The fraction of sp³-hybridized carbons (Fsp3) is 0.714. The van der Waals surface area contributed by atoms with Gasteiger partial charge in [0.05, 0.1) is 18.7 Å². The summed E-state index contributed by atoms with van der Waals surface area (Å²) in [5, 5.41) is 13.5. The Morgan fingerprint density at radius 1 is 1.60 bits per heavy atom. The Morgan fingerprint density at radius 3 is 3.00 bits per heavy atom. The summed E-state index contributed by atoms with van der Waals surface area (Å²) in [6, 6.07) is -0.0275. The van der Waals surface area contributed by atoms with Gasteiger partial charge in [0.15, 0.2) is 0 Å². The molecule has 1 saturated carbocycles. The summed E-state index contributed by atoms with van der Waals surface area (Å²) in [4.78, 5) is 19.8. The van der Waals surface area contributed by atoms with Gasteiger partial charge in [0.25, 0.3) is 0 Å². The van der Waals surface area contributed by atoms with E-state index in [9.17, 15) is 9.90 Å². The van der Waals surface area contributed by atoms with Gasteiger partial charge < -0.3 is 15.3 Å². The van der Waals surface area contributed by atoms with Crippen molar-refractivity contribution in [3.63, 3.8) is 0 Å². The van der Waals surface area contributed by atoms with E-state index in [1.807, 2.05) is 13.1 Å². The first-order chi connectivity index (χ1) is 9.69. The van der Waals surface area contributed by atoms with Crippen LogP contribution in [0.25, 0.3) is 0 Å². The average molecular weight is 295 g/mol. The number of nitrogens with zero attached hydrogens (tertiary/aromatic N) is 2. The zero-order valence-electron chi connectivity index (χ0n) is 11.7. The van der Waals surface area contributed by atoms with Gasteiger partial charge in [-0.2, -0.15) is 0 Å². The summed E-state index contributed by atoms with van der Waals surface area (Å²) < 4.78 is 0. The lowest BCUT2D eigenvalue weighted by Gasteiger charge is -2.26. The minimum absolute atomic E-state index is 0.0205. The number of carbonyl (C=O) groups excluding carboxylic acids is 1. The van der Waals surface area contributed by atoms with Crippen molar-refractivity contribution < 1.29 is 9.90 Å². The van der Waals surface area contributed by atoms with E-state index in [1.165, 1.54) is 4.88 Å². The summed E-state index contributed by atoms with van der Waals surface area (Å²) in [7, 11) is 0. The molecule has 2 heterocycles. The van der Waals surface area contributed by atoms with Crippen LogP contribution in [0.2, 0.25) is 0 Å². The maximum Gasteiger partial charge on any atom is 0.318 e. The van der Waals surface area contributed by atoms with Crippen LogP contribution in [-0.4, -0.2) is 40.2 Å². The van der Waals surface area contributed by atoms with E-state index in [4.69, 9.17) is 0 Å². The van der Waals surface area contributed by atoms with Gasteiger partial charge in [-0.05, 0) is 38.5 Å². The number of rotatable bonds is 4. The van der Waals surface area contributed by atoms with Gasteiger partial charge in [-0.3, -0.25) is 0 Å². The number of nitrogens with one attached hydrogen (secondary N) is 1. The molecule has 2 amide bonds. The molecule has 0 bridgehead atoms. The van der Waals surface area contributed by atoms with Crippen LogP contribution in [0, 0.1) is 12.8 Å². The van der Waals surface area contributed by atoms with Crippen molar-refractivity contribution in [2.45, 2.75) is 44.7 Å². The smallest absolute Gasteiger partial charge is 0.318 e. The quantitative estimate of drug-likeness (QED) is 0.893. The molecule has 2 N–H and O–H groups in total. The summed E-state index contributed by atoms with van der Waals surface area (Å²) in [6.07, 6.45) is 6.06. The van der Waals surface area contributed by atoms with Crippen LogP contribution in [0.3, 0.4) is 0 Å². The molecule has 1 saturated heterocycles. The second-order valence-corrected chi connectivity index (χ2v) is 7.01. The molecular weight excluding hydrogens is 274 g/mol. The molecule has 1 aromatic rings. The minimum Gasteiger partial charge on any atom is -0.394 e. The third-order valence-corrected chi connectivity index (χ3v) is 5.12. The molecule has 5 nitrogen and oxygen atoms in total. The Labute approximate surface area is 123 Å². The molecule has 2 atom stereocenters. The zero-order chi connectivity index (χ0) is 14.1. The molecule has 0 radical (unpaired) electrons. The highest BCUT2D eigenvalue weighted by atomic mass is 32.1. The predicted octanol–water partition coefficient (Wildman–Crippen LogP) is 2.07. The molecule has 0 aromatic carbocycles. The molecule has 1 aliphatic heterocycles. The lowest BCUT2D eigenvalue weighted by atomic mass is 10.2. The number of hydrogen-bond donors (Lipinski definition) is 2. The Morgan fingerprint density at radius 2 is 2.40 bits per heavy atom. The zero-order valence-corrected chi connectivity index (χ0v) is 12.5. The lowest BCUT2D eigenvalue weighted by Crippen LogP contribution is -2.45. The topological polar surface area (TPSA) is 65.5 Å². The molecule has 20 heavy (non-hydrogen) atoms. The van der Waals surface area contributed by atoms with Crippen LogP contribution in [0.1, 0.15) is 41.6 Å². The molecular formula is C14H21N3O2S. The highest BCUT2D eigenvalue weighted by molar-refractivity contribution is 7.11. The first-order valence-electron chi connectivity index (χ1n) is 7.29. The number of aromatic nitrogens is 1. The Bertz CT molecular complexity index is 487. The van der Waals surface area contributed by atoms with Gasteiger partial charge >= 0.3 is 6.03 Å². The Kier molecular flexibility index (Phi) is 3.94. The summed E-state index contributed by atoms with van der Waals surface area (Å²) >= 11 is 1.66. The van der Waals surface area contributed by atoms with Gasteiger partial charge in [-0.25, -0.2) is 9.78 Å². The largest absolute Gasteiger partial charge is 0.394 e.